The number of aryl methyl sites for hydroxylation is 2. The van der Waals surface area contributed by atoms with Gasteiger partial charge in [0.25, 0.3) is 11.7 Å². The molecule has 0 spiro atoms. The molecule has 1 aliphatic heterocycles. The molecule has 2 heterocycles. The zero-order chi connectivity index (χ0) is 23.7. The molecular formula is C26H23FN2O4. The van der Waals surface area contributed by atoms with Crippen molar-refractivity contribution in [2.45, 2.75) is 26.4 Å². The summed E-state index contributed by atoms with van der Waals surface area (Å²) in [6.45, 7) is 3.78. The Kier molecular flexibility index (Phi) is 5.96. The summed E-state index contributed by atoms with van der Waals surface area (Å²) in [5.74, 6) is -1.81. The number of Topliss-reactive ketones (excluding diaryl/α,β-unsaturated/α-hetero) is 1. The first kappa shape index (κ1) is 22.2. The Labute approximate surface area is 191 Å². The van der Waals surface area contributed by atoms with Crippen LogP contribution in [0, 0.1) is 19.7 Å². The molecule has 1 unspecified atom stereocenters. The third-order valence-electron chi connectivity index (χ3n) is 5.71. The molecule has 0 aliphatic carbocycles. The predicted molar refractivity (Wildman–Crippen MR) is 121 cm³/mol. The number of hydrogen-bond donors (Lipinski definition) is 1. The number of carbonyl (C=O) groups is 2. The Bertz CT molecular complexity index is 1250. The summed E-state index contributed by atoms with van der Waals surface area (Å²) >= 11 is 0. The van der Waals surface area contributed by atoms with E-state index in [1.54, 1.807) is 42.7 Å². The van der Waals surface area contributed by atoms with E-state index in [2.05, 4.69) is 4.98 Å². The van der Waals surface area contributed by atoms with Crippen LogP contribution in [0.25, 0.3) is 5.76 Å². The molecule has 4 rings (SSSR count). The summed E-state index contributed by atoms with van der Waals surface area (Å²) < 4.78 is 18.9. The molecule has 2 aromatic carbocycles. The fraction of sp³-hybridized carbons (Fsp3) is 0.192. The second-order valence-corrected chi connectivity index (χ2v) is 8.00. The molecule has 1 amide bonds. The largest absolute Gasteiger partial charge is 0.507 e. The van der Waals surface area contributed by atoms with E-state index in [1.165, 1.54) is 24.1 Å². The molecule has 6 nitrogen and oxygen atoms in total. The maximum Gasteiger partial charge on any atom is 0.295 e. The van der Waals surface area contributed by atoms with E-state index in [-0.39, 0.29) is 17.9 Å². The number of pyridine rings is 1. The first-order valence-corrected chi connectivity index (χ1v) is 10.4. The van der Waals surface area contributed by atoms with Crippen molar-refractivity contribution < 1.29 is 23.8 Å². The highest BCUT2D eigenvalue weighted by atomic mass is 19.1. The molecule has 3 aromatic rings. The SMILES string of the molecule is COc1c(C)cc(C)cc1/C(O)=C1\C(=O)C(=O)N(Cc2ccc(F)cc2)C1c1ccncc1. The van der Waals surface area contributed by atoms with Crippen LogP contribution in [-0.2, 0) is 16.1 Å². The summed E-state index contributed by atoms with van der Waals surface area (Å²) in [4.78, 5) is 31.7. The van der Waals surface area contributed by atoms with Gasteiger partial charge in [-0.15, -0.1) is 0 Å². The van der Waals surface area contributed by atoms with E-state index in [0.29, 0.717) is 22.4 Å². The standard InChI is InChI=1S/C26H23FN2O4/c1-15-12-16(2)25(33-3)20(13-15)23(30)21-22(18-8-10-28-11-9-18)29(26(32)24(21)31)14-17-4-6-19(27)7-5-17/h4-13,22,30H,14H2,1-3H3/b23-21+. The molecule has 1 saturated heterocycles. The van der Waals surface area contributed by atoms with Gasteiger partial charge in [0, 0.05) is 18.9 Å². The summed E-state index contributed by atoms with van der Waals surface area (Å²) in [6.07, 6.45) is 3.12. The number of aliphatic hydroxyl groups excluding tert-OH is 1. The smallest absolute Gasteiger partial charge is 0.295 e. The first-order valence-electron chi connectivity index (χ1n) is 10.4. The zero-order valence-electron chi connectivity index (χ0n) is 18.5. The lowest BCUT2D eigenvalue weighted by Crippen LogP contribution is -2.29. The summed E-state index contributed by atoms with van der Waals surface area (Å²) in [6, 6.07) is 11.9. The summed E-state index contributed by atoms with van der Waals surface area (Å²) in [7, 11) is 1.49. The number of hydrogen-bond acceptors (Lipinski definition) is 5. The van der Waals surface area contributed by atoms with Crippen LogP contribution in [0.2, 0.25) is 0 Å². The van der Waals surface area contributed by atoms with Crippen LogP contribution in [-0.4, -0.2) is 33.8 Å². The fourth-order valence-corrected chi connectivity index (χ4v) is 4.27. The Hall–Kier alpha value is -4.00. The second kappa shape index (κ2) is 8.86. The average molecular weight is 446 g/mol. The van der Waals surface area contributed by atoms with Gasteiger partial charge >= 0.3 is 0 Å². The Morgan fingerprint density at radius 1 is 1.09 bits per heavy atom. The van der Waals surface area contributed by atoms with Crippen molar-refractivity contribution in [3.8, 4) is 5.75 Å². The molecule has 1 atom stereocenters. The lowest BCUT2D eigenvalue weighted by atomic mass is 9.94. The van der Waals surface area contributed by atoms with E-state index in [0.717, 1.165) is 11.1 Å². The lowest BCUT2D eigenvalue weighted by Gasteiger charge is -2.25. The number of methoxy groups -OCH3 is 1. The van der Waals surface area contributed by atoms with Gasteiger partial charge in [-0.2, -0.15) is 0 Å². The minimum Gasteiger partial charge on any atom is -0.507 e. The maximum absolute atomic E-state index is 13.4. The molecule has 1 N–H and O–H groups in total. The average Bonchev–Trinajstić information content (AvgIpc) is 3.05. The number of rotatable bonds is 5. The highest BCUT2D eigenvalue weighted by Crippen LogP contribution is 2.42. The van der Waals surface area contributed by atoms with E-state index in [9.17, 15) is 19.1 Å². The Morgan fingerprint density at radius 3 is 2.39 bits per heavy atom. The van der Waals surface area contributed by atoms with Gasteiger partial charge in [-0.05, 0) is 66.4 Å². The van der Waals surface area contributed by atoms with Crippen molar-refractivity contribution >= 4 is 17.4 Å². The number of halogens is 1. The minimum absolute atomic E-state index is 0.0309. The van der Waals surface area contributed by atoms with Crippen molar-refractivity contribution in [1.29, 1.82) is 0 Å². The number of likely N-dealkylation sites (tertiary alicyclic amines) is 1. The van der Waals surface area contributed by atoms with Crippen LogP contribution in [0.4, 0.5) is 4.39 Å². The van der Waals surface area contributed by atoms with Gasteiger partial charge < -0.3 is 14.7 Å². The van der Waals surface area contributed by atoms with Gasteiger partial charge in [0.15, 0.2) is 0 Å². The highest BCUT2D eigenvalue weighted by Gasteiger charge is 2.46. The summed E-state index contributed by atoms with van der Waals surface area (Å²) in [5.41, 5.74) is 3.25. The van der Waals surface area contributed by atoms with Crippen molar-refractivity contribution in [1.82, 2.24) is 9.88 Å². The fourth-order valence-electron chi connectivity index (χ4n) is 4.27. The molecule has 1 fully saturated rings. The van der Waals surface area contributed by atoms with Crippen LogP contribution in [0.5, 0.6) is 5.75 Å². The normalized spacial score (nSPS) is 17.5. The van der Waals surface area contributed by atoms with Crippen molar-refractivity contribution in [2.24, 2.45) is 0 Å². The minimum atomic E-state index is -0.844. The van der Waals surface area contributed by atoms with Crippen LogP contribution >= 0.6 is 0 Å². The molecule has 0 bridgehead atoms. The molecule has 7 heteroatoms. The van der Waals surface area contributed by atoms with E-state index < -0.39 is 23.5 Å². The highest BCUT2D eigenvalue weighted by molar-refractivity contribution is 6.46. The molecular weight excluding hydrogens is 423 g/mol. The number of ketones is 1. The zero-order valence-corrected chi connectivity index (χ0v) is 18.5. The third-order valence-corrected chi connectivity index (χ3v) is 5.71. The van der Waals surface area contributed by atoms with Gasteiger partial charge in [-0.1, -0.05) is 18.2 Å². The molecule has 168 valence electrons. The number of benzene rings is 2. The Balaban J connectivity index is 1.90. The monoisotopic (exact) mass is 446 g/mol. The Morgan fingerprint density at radius 2 is 1.76 bits per heavy atom. The number of carbonyl (C=O) groups excluding carboxylic acids is 2. The molecule has 33 heavy (non-hydrogen) atoms. The van der Waals surface area contributed by atoms with E-state index in [4.69, 9.17) is 4.74 Å². The predicted octanol–water partition coefficient (Wildman–Crippen LogP) is 4.47. The van der Waals surface area contributed by atoms with Crippen molar-refractivity contribution in [3.05, 3.63) is 100 Å². The van der Waals surface area contributed by atoms with Gasteiger partial charge in [0.1, 0.15) is 17.3 Å². The number of amides is 1. The lowest BCUT2D eigenvalue weighted by molar-refractivity contribution is -0.140. The van der Waals surface area contributed by atoms with Crippen molar-refractivity contribution in [3.63, 3.8) is 0 Å². The third kappa shape index (κ3) is 4.09. The van der Waals surface area contributed by atoms with Crippen LogP contribution in [0.1, 0.15) is 33.9 Å². The van der Waals surface area contributed by atoms with E-state index >= 15 is 0 Å². The van der Waals surface area contributed by atoms with Gasteiger partial charge in [-0.3, -0.25) is 14.6 Å². The maximum atomic E-state index is 13.4. The second-order valence-electron chi connectivity index (χ2n) is 8.00. The molecule has 1 aromatic heterocycles. The quantitative estimate of drug-likeness (QED) is 0.355. The molecule has 0 radical (unpaired) electrons. The number of ether oxygens (including phenoxy) is 1. The summed E-state index contributed by atoms with van der Waals surface area (Å²) in [5, 5.41) is 11.4. The van der Waals surface area contributed by atoms with Crippen LogP contribution in [0.15, 0.2) is 66.5 Å². The number of nitrogens with zero attached hydrogens (tertiary/aromatic N) is 2. The molecule has 0 saturated carbocycles. The van der Waals surface area contributed by atoms with E-state index in [1.807, 2.05) is 19.9 Å². The number of aliphatic hydroxyl groups is 1. The topological polar surface area (TPSA) is 79.7 Å². The van der Waals surface area contributed by atoms with Gasteiger partial charge in [0.2, 0.25) is 0 Å². The van der Waals surface area contributed by atoms with Gasteiger partial charge in [0.05, 0.1) is 24.3 Å². The number of aromatic nitrogens is 1. The van der Waals surface area contributed by atoms with Crippen LogP contribution in [0.3, 0.4) is 0 Å². The first-order chi connectivity index (χ1) is 15.8. The van der Waals surface area contributed by atoms with Crippen LogP contribution < -0.4 is 4.74 Å². The molecule has 1 aliphatic rings. The van der Waals surface area contributed by atoms with Gasteiger partial charge in [-0.25, -0.2) is 4.39 Å². The van der Waals surface area contributed by atoms with Crippen molar-refractivity contribution in [2.75, 3.05) is 7.11 Å².